The Balaban J connectivity index is 3.50. The summed E-state index contributed by atoms with van der Waals surface area (Å²) in [6.07, 6.45) is 70.4. The molecule has 0 radical (unpaired) electrons. The Morgan fingerprint density at radius 2 is 0.559 bits per heavy atom. The first-order valence-corrected chi connectivity index (χ1v) is 32.4. The third-order valence-electron chi connectivity index (χ3n) is 14.4. The predicted molar refractivity (Wildman–Crippen MR) is 295 cm³/mol. The van der Waals surface area contributed by atoms with E-state index in [0.717, 1.165) is 32.1 Å². The van der Waals surface area contributed by atoms with E-state index >= 15 is 0 Å². The molecule has 0 saturated heterocycles. The van der Waals surface area contributed by atoms with Gasteiger partial charge in [-0.05, 0) is 12.8 Å². The Morgan fingerprint density at radius 3 is 0.794 bits per heavy atom. The summed E-state index contributed by atoms with van der Waals surface area (Å²) < 4.78 is 27.2. The minimum atomic E-state index is -4.66. The van der Waals surface area contributed by atoms with E-state index in [1.807, 2.05) is 0 Å². The first kappa shape index (κ1) is 67.5. The number of esters is 1. The molecule has 0 bridgehead atoms. The summed E-state index contributed by atoms with van der Waals surface area (Å²) in [7, 11) is -4.66. The lowest BCUT2D eigenvalue weighted by Crippen LogP contribution is -2.28. The van der Waals surface area contributed by atoms with Crippen LogP contribution in [0.3, 0.4) is 0 Å². The third-order valence-corrected chi connectivity index (χ3v) is 14.9. The normalized spacial score (nSPS) is 12.4. The van der Waals surface area contributed by atoms with Crippen LogP contribution in [0, 0.1) is 0 Å². The summed E-state index contributed by atoms with van der Waals surface area (Å²) in [6.45, 7) is 4.84. The fourth-order valence-corrected chi connectivity index (χ4v) is 10.2. The van der Waals surface area contributed by atoms with Gasteiger partial charge in [-0.2, -0.15) is 0 Å². The van der Waals surface area contributed by atoms with Gasteiger partial charge < -0.3 is 19.3 Å². The smallest absolute Gasteiger partial charge is 0.457 e. The fraction of sp³-hybridized carbons (Fsp3) is 0.983. The zero-order valence-corrected chi connectivity index (χ0v) is 47.0. The monoisotopic (exact) mass is 985 g/mol. The molecule has 0 aliphatic rings. The standard InChI is InChI=1S/C60H121O7P/c1-3-5-7-9-11-13-15-17-19-21-22-23-24-25-26-27-28-29-30-31-32-33-34-35-36-37-38-39-40-41-43-45-47-49-51-53-55-60(61)67-59(58-66-68(62,63)64)57-65-56-54-52-50-48-46-44-42-20-18-16-14-12-10-8-6-4-2/h59H,3-58H2,1-2H3,(H2,62,63,64)/t59-/m1/s1. The number of carbonyl (C=O) groups is 1. The van der Waals surface area contributed by atoms with Crippen molar-refractivity contribution in [1.29, 1.82) is 0 Å². The van der Waals surface area contributed by atoms with E-state index in [9.17, 15) is 19.1 Å². The summed E-state index contributed by atoms with van der Waals surface area (Å²) in [6, 6.07) is 0. The molecule has 0 aromatic rings. The van der Waals surface area contributed by atoms with Gasteiger partial charge in [0.15, 0.2) is 0 Å². The second-order valence-electron chi connectivity index (χ2n) is 21.4. The molecular formula is C60H121O7P. The van der Waals surface area contributed by atoms with Gasteiger partial charge in [0.2, 0.25) is 0 Å². The maximum absolute atomic E-state index is 12.5. The first-order chi connectivity index (χ1) is 33.4. The van der Waals surface area contributed by atoms with Gasteiger partial charge in [-0.25, -0.2) is 4.57 Å². The van der Waals surface area contributed by atoms with Crippen molar-refractivity contribution < 1.29 is 33.1 Å². The highest BCUT2D eigenvalue weighted by atomic mass is 31.2. The summed E-state index contributed by atoms with van der Waals surface area (Å²) in [5.41, 5.74) is 0. The number of ether oxygens (including phenoxy) is 2. The summed E-state index contributed by atoms with van der Waals surface area (Å²) in [4.78, 5) is 30.9. The molecule has 0 amide bonds. The molecule has 0 heterocycles. The molecular weight excluding hydrogens is 864 g/mol. The van der Waals surface area contributed by atoms with E-state index < -0.39 is 13.9 Å². The zero-order chi connectivity index (χ0) is 49.4. The number of hydrogen-bond acceptors (Lipinski definition) is 5. The van der Waals surface area contributed by atoms with Crippen LogP contribution in [0.4, 0.5) is 0 Å². The van der Waals surface area contributed by atoms with Gasteiger partial charge in [0.25, 0.3) is 0 Å². The fourth-order valence-electron chi connectivity index (χ4n) is 9.86. The van der Waals surface area contributed by atoms with E-state index in [1.54, 1.807) is 0 Å². The van der Waals surface area contributed by atoms with Crippen LogP contribution in [0.25, 0.3) is 0 Å². The number of carbonyl (C=O) groups excluding carboxylic acids is 1. The molecule has 8 heteroatoms. The van der Waals surface area contributed by atoms with E-state index in [0.29, 0.717) is 13.0 Å². The first-order valence-electron chi connectivity index (χ1n) is 30.9. The molecule has 7 nitrogen and oxygen atoms in total. The molecule has 0 spiro atoms. The van der Waals surface area contributed by atoms with Gasteiger partial charge in [0, 0.05) is 13.0 Å². The second-order valence-corrected chi connectivity index (χ2v) is 22.6. The van der Waals surface area contributed by atoms with Crippen molar-refractivity contribution >= 4 is 13.8 Å². The average Bonchev–Trinajstić information content (AvgIpc) is 3.32. The van der Waals surface area contributed by atoms with E-state index in [4.69, 9.17) is 9.47 Å². The Morgan fingerprint density at radius 1 is 0.338 bits per heavy atom. The predicted octanol–water partition coefficient (Wildman–Crippen LogP) is 20.7. The second kappa shape index (κ2) is 57.4. The van der Waals surface area contributed by atoms with E-state index in [-0.39, 0.29) is 19.2 Å². The molecule has 0 aromatic carbocycles. The van der Waals surface area contributed by atoms with Gasteiger partial charge in [0.1, 0.15) is 6.10 Å². The maximum Gasteiger partial charge on any atom is 0.469 e. The maximum atomic E-state index is 12.5. The number of unbranched alkanes of at least 4 members (excludes halogenated alkanes) is 50. The number of hydrogen-bond donors (Lipinski definition) is 2. The number of phosphoric acid groups is 1. The lowest BCUT2D eigenvalue weighted by Gasteiger charge is -2.18. The SMILES string of the molecule is CCCCCCCCCCCCCCCCCCCCCCCCCCCCCCCCCCCCCCC(=O)O[C@H](COCCCCCCCCCCCCCCCCCC)COP(=O)(O)O. The summed E-state index contributed by atoms with van der Waals surface area (Å²) in [5.74, 6) is -0.350. The molecule has 68 heavy (non-hydrogen) atoms. The highest BCUT2D eigenvalue weighted by Crippen LogP contribution is 2.36. The molecule has 408 valence electrons. The van der Waals surface area contributed by atoms with Crippen LogP contribution in [0.1, 0.15) is 354 Å². The topological polar surface area (TPSA) is 102 Å². The van der Waals surface area contributed by atoms with Gasteiger partial charge in [-0.15, -0.1) is 0 Å². The molecule has 1 atom stereocenters. The van der Waals surface area contributed by atoms with Crippen molar-refractivity contribution in [3.8, 4) is 0 Å². The highest BCUT2D eigenvalue weighted by molar-refractivity contribution is 7.46. The van der Waals surface area contributed by atoms with Crippen LogP contribution in [-0.2, 0) is 23.4 Å². The van der Waals surface area contributed by atoms with Gasteiger partial charge in [0.05, 0.1) is 13.2 Å². The number of phosphoric ester groups is 1. The zero-order valence-electron chi connectivity index (χ0n) is 46.1. The molecule has 0 fully saturated rings. The van der Waals surface area contributed by atoms with Crippen LogP contribution in [0.15, 0.2) is 0 Å². The Labute approximate surface area is 425 Å². The van der Waals surface area contributed by atoms with Crippen molar-refractivity contribution in [2.24, 2.45) is 0 Å². The van der Waals surface area contributed by atoms with Crippen LogP contribution in [0.5, 0.6) is 0 Å². The molecule has 0 saturated carbocycles. The quantitative estimate of drug-likeness (QED) is 0.0355. The van der Waals surface area contributed by atoms with Gasteiger partial charge >= 0.3 is 13.8 Å². The van der Waals surface area contributed by atoms with E-state index in [1.165, 1.54) is 302 Å². The average molecular weight is 986 g/mol. The highest BCUT2D eigenvalue weighted by Gasteiger charge is 2.21. The lowest BCUT2D eigenvalue weighted by atomic mass is 10.0. The molecule has 0 aliphatic carbocycles. The summed E-state index contributed by atoms with van der Waals surface area (Å²) >= 11 is 0. The van der Waals surface area contributed by atoms with Crippen molar-refractivity contribution in [3.05, 3.63) is 0 Å². The summed E-state index contributed by atoms with van der Waals surface area (Å²) in [5, 5.41) is 0. The van der Waals surface area contributed by atoms with Crippen molar-refractivity contribution in [2.75, 3.05) is 19.8 Å². The molecule has 0 aliphatic heterocycles. The minimum absolute atomic E-state index is 0.0875. The number of rotatable bonds is 60. The molecule has 0 rings (SSSR count). The van der Waals surface area contributed by atoms with Gasteiger partial charge in [-0.1, -0.05) is 335 Å². The van der Waals surface area contributed by atoms with Crippen molar-refractivity contribution in [3.63, 3.8) is 0 Å². The van der Waals surface area contributed by atoms with Gasteiger partial charge in [-0.3, -0.25) is 9.32 Å². The molecule has 0 unspecified atom stereocenters. The minimum Gasteiger partial charge on any atom is -0.457 e. The van der Waals surface area contributed by atoms with Crippen LogP contribution < -0.4 is 0 Å². The Hall–Kier alpha value is -0.460. The van der Waals surface area contributed by atoms with Crippen LogP contribution >= 0.6 is 7.82 Å². The molecule has 0 aromatic heterocycles. The third kappa shape index (κ3) is 59.8. The Bertz CT molecular complexity index is 1000. The van der Waals surface area contributed by atoms with Crippen molar-refractivity contribution in [2.45, 2.75) is 360 Å². The largest absolute Gasteiger partial charge is 0.469 e. The van der Waals surface area contributed by atoms with Crippen molar-refractivity contribution in [1.82, 2.24) is 0 Å². The van der Waals surface area contributed by atoms with Crippen LogP contribution in [-0.4, -0.2) is 41.7 Å². The Kier molecular flexibility index (Phi) is 57.1. The lowest BCUT2D eigenvalue weighted by molar-refractivity contribution is -0.154. The van der Waals surface area contributed by atoms with Crippen LogP contribution in [0.2, 0.25) is 0 Å². The molecule has 2 N–H and O–H groups in total. The van der Waals surface area contributed by atoms with E-state index in [2.05, 4.69) is 18.4 Å².